The second-order valence-corrected chi connectivity index (χ2v) is 7.59. The van der Waals surface area contributed by atoms with Crippen molar-refractivity contribution >= 4 is 28.0 Å². The number of rotatable bonds is 13. The molecule has 0 heterocycles. The van der Waals surface area contributed by atoms with Gasteiger partial charge in [0.15, 0.2) is 0 Å². The molecule has 9 nitrogen and oxygen atoms in total. The van der Waals surface area contributed by atoms with Gasteiger partial charge in [-0.1, -0.05) is 31.9 Å². The number of allylic oxidation sites excluding steroid dienone is 2. The van der Waals surface area contributed by atoms with Gasteiger partial charge in [-0.15, -0.1) is 0 Å². The van der Waals surface area contributed by atoms with Crippen molar-refractivity contribution in [3.05, 3.63) is 24.3 Å². The zero-order chi connectivity index (χ0) is 21.6. The van der Waals surface area contributed by atoms with Crippen molar-refractivity contribution in [2.45, 2.75) is 40.0 Å². The van der Waals surface area contributed by atoms with Crippen LogP contribution in [0.5, 0.6) is 0 Å². The first-order valence-corrected chi connectivity index (χ1v) is 10.4. The van der Waals surface area contributed by atoms with Gasteiger partial charge >= 0.3 is 17.9 Å². The van der Waals surface area contributed by atoms with E-state index in [1.165, 1.54) is 24.3 Å². The Bertz CT molecular complexity index is 649. The molecule has 1 N–H and O–H groups in total. The highest BCUT2D eigenvalue weighted by Crippen LogP contribution is 2.28. The number of hydrogen-bond acceptors (Lipinski definition) is 8. The van der Waals surface area contributed by atoms with Gasteiger partial charge in [0.1, 0.15) is 31.0 Å². The van der Waals surface area contributed by atoms with Gasteiger partial charge in [0, 0.05) is 12.2 Å². The third-order valence-electron chi connectivity index (χ3n) is 3.60. The Morgan fingerprint density at radius 1 is 0.964 bits per heavy atom. The number of hydrogen-bond donors (Lipinski definition) is 1. The molecule has 0 aromatic rings. The van der Waals surface area contributed by atoms with E-state index in [1.807, 2.05) is 6.92 Å². The Balaban J connectivity index is 5.48. The fraction of sp³-hybridized carbons (Fsp3) is 0.611. The Morgan fingerprint density at radius 2 is 1.46 bits per heavy atom. The summed E-state index contributed by atoms with van der Waals surface area (Å²) in [6, 6.07) is 0. The second kappa shape index (κ2) is 13.1. The molecule has 0 aliphatic heterocycles. The molecule has 0 unspecified atom stereocenters. The summed E-state index contributed by atoms with van der Waals surface area (Å²) in [5, 5.41) is 0. The number of carbonyl (C=O) groups excluding carboxylic acids is 3. The van der Waals surface area contributed by atoms with Crippen LogP contribution < -0.4 is 0 Å². The molecule has 0 radical (unpaired) electrons. The predicted octanol–water partition coefficient (Wildman–Crippen LogP) is 1.83. The van der Waals surface area contributed by atoms with Crippen LogP contribution in [-0.4, -0.2) is 56.5 Å². The summed E-state index contributed by atoms with van der Waals surface area (Å²) >= 11 is 0. The first-order chi connectivity index (χ1) is 13.1. The molecular formula is C18H28O9S. The molecule has 0 saturated heterocycles. The minimum atomic E-state index is -4.31. The van der Waals surface area contributed by atoms with Crippen molar-refractivity contribution < 1.29 is 41.6 Å². The monoisotopic (exact) mass is 420 g/mol. The largest absolute Gasteiger partial charge is 0.464 e. The SMILES string of the molecule is CC=CC(=O)OCC(CCCC)(COC(=O)C=CC)C(=O)OCCS(=O)(=O)O. The molecule has 0 amide bonds. The lowest BCUT2D eigenvalue weighted by Crippen LogP contribution is -2.43. The van der Waals surface area contributed by atoms with Crippen molar-refractivity contribution in [1.29, 1.82) is 0 Å². The average Bonchev–Trinajstić information content (AvgIpc) is 2.60. The summed E-state index contributed by atoms with van der Waals surface area (Å²) in [6.07, 6.45) is 6.68. The molecule has 0 aromatic heterocycles. The Hall–Kier alpha value is -2.20. The Kier molecular flexibility index (Phi) is 12.0. The van der Waals surface area contributed by atoms with Gasteiger partial charge in [-0.05, 0) is 20.3 Å². The maximum absolute atomic E-state index is 12.7. The van der Waals surface area contributed by atoms with Gasteiger partial charge < -0.3 is 14.2 Å². The van der Waals surface area contributed by atoms with E-state index < -0.39 is 59.0 Å². The molecule has 0 saturated carbocycles. The predicted molar refractivity (Wildman–Crippen MR) is 101 cm³/mol. The van der Waals surface area contributed by atoms with Gasteiger partial charge in [0.05, 0.1) is 0 Å². The van der Waals surface area contributed by atoms with Crippen LogP contribution in [0, 0.1) is 5.41 Å². The first kappa shape index (κ1) is 25.8. The zero-order valence-corrected chi connectivity index (χ0v) is 17.2. The molecule has 0 bridgehead atoms. The molecule has 0 aliphatic carbocycles. The highest BCUT2D eigenvalue weighted by atomic mass is 32.2. The van der Waals surface area contributed by atoms with E-state index in [2.05, 4.69) is 0 Å². The lowest BCUT2D eigenvalue weighted by molar-refractivity contribution is -0.170. The van der Waals surface area contributed by atoms with Crippen molar-refractivity contribution in [1.82, 2.24) is 0 Å². The summed E-state index contributed by atoms with van der Waals surface area (Å²) in [7, 11) is -4.31. The summed E-state index contributed by atoms with van der Waals surface area (Å²) in [5.41, 5.74) is -1.50. The molecule has 0 spiro atoms. The minimum absolute atomic E-state index is 0.181. The van der Waals surface area contributed by atoms with Gasteiger partial charge in [-0.3, -0.25) is 9.35 Å². The molecular weight excluding hydrogens is 392 g/mol. The highest BCUT2D eigenvalue weighted by Gasteiger charge is 2.42. The highest BCUT2D eigenvalue weighted by molar-refractivity contribution is 7.85. The topological polar surface area (TPSA) is 133 Å². The Morgan fingerprint density at radius 3 is 1.86 bits per heavy atom. The first-order valence-electron chi connectivity index (χ1n) is 8.81. The van der Waals surface area contributed by atoms with E-state index in [-0.39, 0.29) is 6.42 Å². The van der Waals surface area contributed by atoms with E-state index in [0.29, 0.717) is 12.8 Å². The van der Waals surface area contributed by atoms with E-state index in [1.54, 1.807) is 13.8 Å². The summed E-state index contributed by atoms with van der Waals surface area (Å²) < 4.78 is 45.6. The van der Waals surface area contributed by atoms with Crippen LogP contribution in [0.1, 0.15) is 40.0 Å². The average molecular weight is 420 g/mol. The van der Waals surface area contributed by atoms with Crippen LogP contribution in [0.25, 0.3) is 0 Å². The third kappa shape index (κ3) is 10.8. The van der Waals surface area contributed by atoms with E-state index in [4.69, 9.17) is 18.8 Å². The molecule has 28 heavy (non-hydrogen) atoms. The van der Waals surface area contributed by atoms with Crippen LogP contribution in [0.3, 0.4) is 0 Å². The fourth-order valence-corrected chi connectivity index (χ4v) is 2.39. The van der Waals surface area contributed by atoms with Gasteiger partial charge in [0.25, 0.3) is 10.1 Å². The van der Waals surface area contributed by atoms with E-state index in [9.17, 15) is 22.8 Å². The number of esters is 3. The molecule has 10 heteroatoms. The smallest absolute Gasteiger partial charge is 0.330 e. The van der Waals surface area contributed by atoms with Crippen molar-refractivity contribution in [2.75, 3.05) is 25.6 Å². The van der Waals surface area contributed by atoms with E-state index in [0.717, 1.165) is 0 Å². The molecule has 0 aromatic carbocycles. The number of unbranched alkanes of at least 4 members (excludes halogenated alkanes) is 1. The van der Waals surface area contributed by atoms with E-state index >= 15 is 0 Å². The number of carbonyl (C=O) groups is 3. The number of ether oxygens (including phenoxy) is 3. The van der Waals surface area contributed by atoms with Crippen LogP contribution in [0.4, 0.5) is 0 Å². The van der Waals surface area contributed by atoms with Crippen LogP contribution >= 0.6 is 0 Å². The van der Waals surface area contributed by atoms with Crippen LogP contribution in [-0.2, 0) is 38.7 Å². The zero-order valence-electron chi connectivity index (χ0n) is 16.4. The van der Waals surface area contributed by atoms with Crippen LogP contribution in [0.15, 0.2) is 24.3 Å². The fourth-order valence-electron chi connectivity index (χ4n) is 2.10. The summed E-state index contributed by atoms with van der Waals surface area (Å²) in [4.78, 5) is 36.0. The second-order valence-electron chi connectivity index (χ2n) is 6.02. The normalized spacial score (nSPS) is 14.0. The standard InChI is InChI=1S/C18H28O9S/c1-4-7-10-18(13-26-15(19)8-5-2,14-27-16(20)9-6-3)17(21)25-11-12-28(22,23)24/h5-6,8-9H,4,7,10-14H2,1-3H3,(H,22,23,24). The maximum Gasteiger partial charge on any atom is 0.330 e. The van der Waals surface area contributed by atoms with Crippen molar-refractivity contribution in [3.8, 4) is 0 Å². The molecule has 0 aliphatic rings. The summed E-state index contributed by atoms with van der Waals surface area (Å²) in [6.45, 7) is 3.71. The summed E-state index contributed by atoms with van der Waals surface area (Å²) in [5.74, 6) is -3.03. The lowest BCUT2D eigenvalue weighted by atomic mass is 9.84. The van der Waals surface area contributed by atoms with Crippen LogP contribution in [0.2, 0.25) is 0 Å². The van der Waals surface area contributed by atoms with Gasteiger partial charge in [-0.25, -0.2) is 9.59 Å². The van der Waals surface area contributed by atoms with Crippen molar-refractivity contribution in [3.63, 3.8) is 0 Å². The third-order valence-corrected chi connectivity index (χ3v) is 4.29. The lowest BCUT2D eigenvalue weighted by Gasteiger charge is -2.30. The molecule has 0 atom stereocenters. The molecule has 0 fully saturated rings. The maximum atomic E-state index is 12.7. The Labute approximate surface area is 165 Å². The quantitative estimate of drug-likeness (QED) is 0.205. The van der Waals surface area contributed by atoms with Crippen molar-refractivity contribution in [2.24, 2.45) is 5.41 Å². The van der Waals surface area contributed by atoms with Gasteiger partial charge in [0.2, 0.25) is 0 Å². The molecule has 160 valence electrons. The minimum Gasteiger partial charge on any atom is -0.464 e. The van der Waals surface area contributed by atoms with Gasteiger partial charge in [-0.2, -0.15) is 8.42 Å². The molecule has 0 rings (SSSR count).